The first-order valence-electron chi connectivity index (χ1n) is 11.2. The van der Waals surface area contributed by atoms with Gasteiger partial charge in [-0.05, 0) is 24.5 Å². The molecular weight excluding hydrogens is 414 g/mol. The second-order valence-electron chi connectivity index (χ2n) is 10.4. The minimum atomic E-state index is -1.45. The van der Waals surface area contributed by atoms with Crippen LogP contribution in [0.3, 0.4) is 0 Å². The van der Waals surface area contributed by atoms with Crippen molar-refractivity contribution in [2.75, 3.05) is 13.2 Å². The lowest BCUT2D eigenvalue weighted by Crippen LogP contribution is -2.63. The molecule has 0 radical (unpaired) electrons. The summed E-state index contributed by atoms with van der Waals surface area (Å²) in [4.78, 5) is 37.4. The molecule has 0 aromatic carbocycles. The highest BCUT2D eigenvalue weighted by Gasteiger charge is 2.87. The van der Waals surface area contributed by atoms with Crippen molar-refractivity contribution in [2.24, 2.45) is 40.7 Å². The van der Waals surface area contributed by atoms with Crippen molar-refractivity contribution in [1.29, 1.82) is 0 Å². The molecule has 0 aromatic rings. The summed E-state index contributed by atoms with van der Waals surface area (Å²) in [6.45, 7) is 8.11. The number of carbonyl (C=O) groups excluding carboxylic acids is 3. The summed E-state index contributed by atoms with van der Waals surface area (Å²) < 4.78 is 11.7. The number of allylic oxidation sites excluding steroid dienone is 1. The number of esters is 2. The molecule has 0 heterocycles. The Bertz CT molecular complexity index is 937. The van der Waals surface area contributed by atoms with E-state index in [1.165, 1.54) is 6.92 Å². The number of Topliss-reactive ketones (excluding diaryl/α,β-unsaturated/α-hetero) is 1. The molecule has 0 saturated heterocycles. The van der Waals surface area contributed by atoms with E-state index < -0.39 is 58.3 Å². The standard InChI is InChI=1S/C24H33NO7/c1-11-6-16-15(19(11)29)7-14(10-26)8-17-20-22(4,5)24(20,32-13(3)27)21(31-18(28)9-25)12(2)23(16,17)30/h6,8,12,15-17,20-21,26,30H,7,9-10,25H2,1-5H3/t12-,15-,16-,17+,20-,21-,23+,24-/m1/s1. The summed E-state index contributed by atoms with van der Waals surface area (Å²) in [5.74, 6) is -3.76. The number of ether oxygens (including phenoxy) is 2. The number of hydrogen-bond donors (Lipinski definition) is 3. The van der Waals surface area contributed by atoms with Crippen LogP contribution in [0.25, 0.3) is 0 Å². The minimum Gasteiger partial charge on any atom is -0.457 e. The highest BCUT2D eigenvalue weighted by atomic mass is 16.6. The van der Waals surface area contributed by atoms with Gasteiger partial charge in [-0.1, -0.05) is 32.9 Å². The minimum absolute atomic E-state index is 0.0435. The second-order valence-corrected chi connectivity index (χ2v) is 10.4. The van der Waals surface area contributed by atoms with Gasteiger partial charge in [-0.25, -0.2) is 0 Å². The predicted molar refractivity (Wildman–Crippen MR) is 114 cm³/mol. The molecule has 0 unspecified atom stereocenters. The molecule has 0 aromatic heterocycles. The average molecular weight is 448 g/mol. The highest BCUT2D eigenvalue weighted by molar-refractivity contribution is 6.00. The van der Waals surface area contributed by atoms with Crippen molar-refractivity contribution < 1.29 is 34.1 Å². The number of aliphatic hydroxyl groups is 2. The fraction of sp³-hybridized carbons (Fsp3) is 0.708. The molecular formula is C24H33NO7. The van der Waals surface area contributed by atoms with Crippen LogP contribution >= 0.6 is 0 Å². The molecule has 8 nitrogen and oxygen atoms in total. The number of carbonyl (C=O) groups is 3. The lowest BCUT2D eigenvalue weighted by molar-refractivity contribution is -0.219. The fourth-order valence-electron chi connectivity index (χ4n) is 7.19. The third kappa shape index (κ3) is 2.75. The zero-order chi connectivity index (χ0) is 23.8. The molecule has 2 saturated carbocycles. The summed E-state index contributed by atoms with van der Waals surface area (Å²) >= 11 is 0. The molecule has 0 bridgehead atoms. The van der Waals surface area contributed by atoms with E-state index in [1.807, 2.05) is 26.0 Å². The molecule has 2 fully saturated rings. The number of rotatable bonds is 4. The lowest BCUT2D eigenvalue weighted by atomic mass is 9.60. The molecule has 8 atom stereocenters. The predicted octanol–water partition coefficient (Wildman–Crippen LogP) is 0.896. The molecule has 4 aliphatic carbocycles. The van der Waals surface area contributed by atoms with Crippen LogP contribution in [-0.4, -0.2) is 58.4 Å². The van der Waals surface area contributed by atoms with Crippen LogP contribution in [0.4, 0.5) is 0 Å². The zero-order valence-electron chi connectivity index (χ0n) is 19.3. The number of nitrogens with two attached hydrogens (primary N) is 1. The number of aliphatic hydroxyl groups excluding tert-OH is 1. The van der Waals surface area contributed by atoms with Gasteiger partial charge in [0.05, 0.1) is 18.8 Å². The van der Waals surface area contributed by atoms with Gasteiger partial charge in [0.1, 0.15) is 6.10 Å². The Labute approximate surface area is 187 Å². The molecule has 4 N–H and O–H groups in total. The van der Waals surface area contributed by atoms with Crippen LogP contribution in [-0.2, 0) is 23.9 Å². The topological polar surface area (TPSA) is 136 Å². The second kappa shape index (κ2) is 7.23. The fourth-order valence-corrected chi connectivity index (χ4v) is 7.19. The molecule has 4 rings (SSSR count). The van der Waals surface area contributed by atoms with Gasteiger partial charge in [0, 0.05) is 41.9 Å². The molecule has 176 valence electrons. The van der Waals surface area contributed by atoms with Crippen molar-refractivity contribution in [3.63, 3.8) is 0 Å². The Morgan fingerprint density at radius 2 is 1.91 bits per heavy atom. The van der Waals surface area contributed by atoms with Gasteiger partial charge in [-0.15, -0.1) is 0 Å². The summed E-state index contributed by atoms with van der Waals surface area (Å²) in [5, 5.41) is 22.4. The van der Waals surface area contributed by atoms with Crippen LogP contribution in [0.2, 0.25) is 0 Å². The summed E-state index contributed by atoms with van der Waals surface area (Å²) in [7, 11) is 0. The maximum absolute atomic E-state index is 13.0. The van der Waals surface area contributed by atoms with E-state index in [9.17, 15) is 24.6 Å². The highest BCUT2D eigenvalue weighted by Crippen LogP contribution is 2.76. The first-order valence-corrected chi connectivity index (χ1v) is 11.2. The SMILES string of the molecule is CC(=O)O[C@@]12[C@H](OC(=O)CN)[C@@H](C)[C@]3(O)[C@@H]4C=C(C)C(=O)[C@@H]4CC(CO)=C[C@H]3[C@@H]1C2(C)C. The molecule has 0 amide bonds. The lowest BCUT2D eigenvalue weighted by Gasteiger charge is -2.52. The first kappa shape index (κ1) is 23.1. The molecule has 0 spiro atoms. The number of hydrogen-bond acceptors (Lipinski definition) is 8. The van der Waals surface area contributed by atoms with Crippen LogP contribution in [0.5, 0.6) is 0 Å². The average Bonchev–Trinajstić information content (AvgIpc) is 3.11. The van der Waals surface area contributed by atoms with Crippen molar-refractivity contribution in [2.45, 2.75) is 58.3 Å². The van der Waals surface area contributed by atoms with Gasteiger partial charge < -0.3 is 25.4 Å². The van der Waals surface area contributed by atoms with E-state index in [2.05, 4.69) is 0 Å². The van der Waals surface area contributed by atoms with Crippen molar-refractivity contribution in [3.8, 4) is 0 Å². The molecule has 4 aliphatic rings. The van der Waals surface area contributed by atoms with Gasteiger partial charge >= 0.3 is 11.9 Å². The normalized spacial score (nSPS) is 43.7. The monoisotopic (exact) mass is 447 g/mol. The van der Waals surface area contributed by atoms with Gasteiger partial charge in [0.25, 0.3) is 0 Å². The Morgan fingerprint density at radius 3 is 2.47 bits per heavy atom. The Morgan fingerprint density at radius 1 is 1.25 bits per heavy atom. The number of ketones is 1. The largest absolute Gasteiger partial charge is 0.457 e. The summed E-state index contributed by atoms with van der Waals surface area (Å²) in [6.07, 6.45) is 3.10. The number of fused-ring (bicyclic) bond motifs is 5. The molecule has 8 heteroatoms. The van der Waals surface area contributed by atoms with Gasteiger partial charge in [0.2, 0.25) is 0 Å². The van der Waals surface area contributed by atoms with E-state index >= 15 is 0 Å². The Balaban J connectivity index is 1.93. The third-order valence-corrected chi connectivity index (χ3v) is 8.62. The first-order chi connectivity index (χ1) is 14.9. The van der Waals surface area contributed by atoms with E-state index in [-0.39, 0.29) is 24.9 Å². The zero-order valence-corrected chi connectivity index (χ0v) is 19.3. The van der Waals surface area contributed by atoms with Crippen molar-refractivity contribution in [1.82, 2.24) is 0 Å². The van der Waals surface area contributed by atoms with Crippen molar-refractivity contribution in [3.05, 3.63) is 23.3 Å². The summed E-state index contributed by atoms with van der Waals surface area (Å²) in [6, 6.07) is 0. The van der Waals surface area contributed by atoms with E-state index in [4.69, 9.17) is 15.2 Å². The Hall–Kier alpha value is -2.03. The van der Waals surface area contributed by atoms with Crippen molar-refractivity contribution >= 4 is 17.7 Å². The van der Waals surface area contributed by atoms with Gasteiger partial charge in [-0.2, -0.15) is 0 Å². The van der Waals surface area contributed by atoms with E-state index in [0.717, 1.165) is 0 Å². The molecule has 32 heavy (non-hydrogen) atoms. The summed E-state index contributed by atoms with van der Waals surface area (Å²) in [5.41, 5.74) is 3.57. The van der Waals surface area contributed by atoms with Gasteiger partial charge in [0.15, 0.2) is 11.4 Å². The van der Waals surface area contributed by atoms with E-state index in [1.54, 1.807) is 13.8 Å². The maximum Gasteiger partial charge on any atom is 0.320 e. The third-order valence-electron chi connectivity index (χ3n) is 8.62. The van der Waals surface area contributed by atoms with Crippen LogP contribution in [0.1, 0.15) is 41.0 Å². The molecule has 0 aliphatic heterocycles. The van der Waals surface area contributed by atoms with E-state index in [0.29, 0.717) is 17.6 Å². The van der Waals surface area contributed by atoms with Crippen LogP contribution in [0, 0.1) is 35.0 Å². The van der Waals surface area contributed by atoms with Crippen LogP contribution < -0.4 is 5.73 Å². The maximum atomic E-state index is 13.0. The van der Waals surface area contributed by atoms with Crippen LogP contribution in [0.15, 0.2) is 23.3 Å². The Kier molecular flexibility index (Phi) is 5.23. The quantitative estimate of drug-likeness (QED) is 0.427. The van der Waals surface area contributed by atoms with Gasteiger partial charge in [-0.3, -0.25) is 14.4 Å². The smallest absolute Gasteiger partial charge is 0.320 e.